The van der Waals surface area contributed by atoms with Crippen LogP contribution in [-0.2, 0) is 6.18 Å². The number of oxazole rings is 1. The van der Waals surface area contributed by atoms with Crippen LogP contribution in [0.2, 0.25) is 0 Å². The molecule has 146 valence electrons. The third-order valence-corrected chi connectivity index (χ3v) is 3.76. The van der Waals surface area contributed by atoms with E-state index in [-0.39, 0.29) is 28.6 Å². The number of aromatic nitrogens is 1. The largest absolute Gasteiger partial charge is 0.495 e. The first-order chi connectivity index (χ1) is 13.2. The van der Waals surface area contributed by atoms with Crippen LogP contribution in [0.5, 0.6) is 17.2 Å². The molecule has 0 unspecified atom stereocenters. The molecule has 0 spiro atoms. The highest BCUT2D eigenvalue weighted by atomic mass is 19.4. The summed E-state index contributed by atoms with van der Waals surface area (Å²) in [6.45, 7) is 0. The summed E-state index contributed by atoms with van der Waals surface area (Å²) in [4.78, 5) is 23.5. The lowest BCUT2D eigenvalue weighted by Crippen LogP contribution is -2.22. The van der Waals surface area contributed by atoms with E-state index in [9.17, 15) is 22.8 Å². The van der Waals surface area contributed by atoms with E-state index in [4.69, 9.17) is 19.6 Å². The number of carbonyl (C=O) groups is 1. The average molecular weight is 394 g/mol. The van der Waals surface area contributed by atoms with Crippen molar-refractivity contribution in [2.75, 3.05) is 7.11 Å². The van der Waals surface area contributed by atoms with Crippen LogP contribution in [0, 0.1) is 0 Å². The molecule has 2 N–H and O–H groups in total. The molecular formula is C18H13F3N2O5. The normalized spacial score (nSPS) is 11.3. The van der Waals surface area contributed by atoms with Crippen molar-refractivity contribution in [2.24, 2.45) is 5.73 Å². The molecular weight excluding hydrogens is 381 g/mol. The zero-order valence-electron chi connectivity index (χ0n) is 14.3. The van der Waals surface area contributed by atoms with Gasteiger partial charge in [0.1, 0.15) is 23.5 Å². The molecule has 0 aliphatic heterocycles. The Morgan fingerprint density at radius 3 is 2.32 bits per heavy atom. The van der Waals surface area contributed by atoms with Crippen LogP contribution in [0.4, 0.5) is 13.2 Å². The molecule has 10 heteroatoms. The van der Waals surface area contributed by atoms with Crippen LogP contribution >= 0.6 is 0 Å². The fourth-order valence-electron chi connectivity index (χ4n) is 2.46. The molecule has 0 saturated carbocycles. The molecule has 0 bridgehead atoms. The Morgan fingerprint density at radius 2 is 1.75 bits per heavy atom. The van der Waals surface area contributed by atoms with Crippen LogP contribution < -0.4 is 21.0 Å². The van der Waals surface area contributed by atoms with Crippen molar-refractivity contribution in [2.45, 2.75) is 6.18 Å². The Balaban J connectivity index is 2.00. The Morgan fingerprint density at radius 1 is 1.11 bits per heavy atom. The lowest BCUT2D eigenvalue weighted by atomic mass is 10.2. The van der Waals surface area contributed by atoms with Crippen molar-refractivity contribution >= 4 is 5.91 Å². The maximum Gasteiger partial charge on any atom is 0.424 e. The van der Waals surface area contributed by atoms with Gasteiger partial charge in [-0.15, -0.1) is 0 Å². The Hall–Kier alpha value is -3.69. The monoisotopic (exact) mass is 394 g/mol. The maximum absolute atomic E-state index is 12.6. The molecule has 0 atom stereocenters. The Kier molecular flexibility index (Phi) is 4.87. The van der Waals surface area contributed by atoms with Gasteiger partial charge in [-0.3, -0.25) is 4.79 Å². The molecule has 28 heavy (non-hydrogen) atoms. The molecule has 0 fully saturated rings. The van der Waals surface area contributed by atoms with Gasteiger partial charge in [0.15, 0.2) is 5.69 Å². The molecule has 0 aliphatic rings. The zero-order chi connectivity index (χ0) is 20.5. The summed E-state index contributed by atoms with van der Waals surface area (Å²) in [5.74, 6) is -1.25. The van der Waals surface area contributed by atoms with E-state index in [1.165, 1.54) is 25.3 Å². The fourth-order valence-corrected chi connectivity index (χ4v) is 2.46. The lowest BCUT2D eigenvalue weighted by Gasteiger charge is -2.13. The van der Waals surface area contributed by atoms with E-state index < -0.39 is 23.4 Å². The number of primary amides is 1. The molecule has 1 amide bonds. The summed E-state index contributed by atoms with van der Waals surface area (Å²) in [5, 5.41) is 0. The van der Waals surface area contributed by atoms with E-state index in [2.05, 4.69) is 0 Å². The third-order valence-electron chi connectivity index (χ3n) is 3.76. The van der Waals surface area contributed by atoms with Gasteiger partial charge in [-0.2, -0.15) is 13.2 Å². The van der Waals surface area contributed by atoms with Crippen molar-refractivity contribution in [3.05, 3.63) is 70.5 Å². The average Bonchev–Trinajstić information content (AvgIpc) is 3.03. The quantitative estimate of drug-likeness (QED) is 0.716. The number of hydrogen-bond acceptors (Lipinski definition) is 5. The van der Waals surface area contributed by atoms with Gasteiger partial charge < -0.3 is 19.6 Å². The molecule has 3 rings (SSSR count). The highest BCUT2D eigenvalue weighted by Gasteiger charge is 2.30. The van der Waals surface area contributed by atoms with Crippen LogP contribution in [0.3, 0.4) is 0 Å². The van der Waals surface area contributed by atoms with Crippen molar-refractivity contribution in [3.63, 3.8) is 0 Å². The van der Waals surface area contributed by atoms with Crippen LogP contribution in [0.15, 0.2) is 57.9 Å². The zero-order valence-corrected chi connectivity index (χ0v) is 14.3. The maximum atomic E-state index is 12.6. The number of ether oxygens (including phenoxy) is 2. The van der Waals surface area contributed by atoms with E-state index in [0.29, 0.717) is 0 Å². The van der Waals surface area contributed by atoms with E-state index >= 15 is 0 Å². The SMILES string of the molecule is COc1ccc(Oc2ccc(C(F)(F)F)cc2)cc1-n1c(C(N)=O)coc1=O. The number of carbonyl (C=O) groups excluding carboxylic acids is 1. The van der Waals surface area contributed by atoms with E-state index in [1.54, 1.807) is 0 Å². The third kappa shape index (κ3) is 3.70. The molecule has 0 aliphatic carbocycles. The highest BCUT2D eigenvalue weighted by molar-refractivity contribution is 5.91. The number of nitrogens with two attached hydrogens (primary N) is 1. The van der Waals surface area contributed by atoms with Crippen LogP contribution in [0.1, 0.15) is 16.1 Å². The van der Waals surface area contributed by atoms with E-state index in [0.717, 1.165) is 35.1 Å². The van der Waals surface area contributed by atoms with Crippen molar-refractivity contribution in [1.82, 2.24) is 4.57 Å². The van der Waals surface area contributed by atoms with Gasteiger partial charge in [0.25, 0.3) is 5.91 Å². The molecule has 7 nitrogen and oxygen atoms in total. The van der Waals surface area contributed by atoms with Gasteiger partial charge in [-0.1, -0.05) is 0 Å². The van der Waals surface area contributed by atoms with Gasteiger partial charge >= 0.3 is 11.9 Å². The second kappa shape index (κ2) is 7.14. The molecule has 3 aromatic rings. The molecule has 1 aromatic heterocycles. The highest BCUT2D eigenvalue weighted by Crippen LogP contribution is 2.33. The van der Waals surface area contributed by atoms with Crippen molar-refractivity contribution in [3.8, 4) is 22.9 Å². The molecule has 0 radical (unpaired) electrons. The Bertz CT molecular complexity index is 1070. The van der Waals surface area contributed by atoms with Gasteiger partial charge in [0.2, 0.25) is 0 Å². The summed E-state index contributed by atoms with van der Waals surface area (Å²) in [6.07, 6.45) is -3.55. The standard InChI is InChI=1S/C18H13F3N2O5/c1-26-15-7-6-12(28-11-4-2-10(3-5-11)18(19,20)21)8-13(15)23-14(16(22)24)9-27-17(23)25/h2-9H,1H3,(H2,22,24). The molecule has 2 aromatic carbocycles. The predicted molar refractivity (Wildman–Crippen MR) is 90.9 cm³/mol. The molecule has 0 saturated heterocycles. The number of hydrogen-bond donors (Lipinski definition) is 1. The predicted octanol–water partition coefficient (Wildman–Crippen LogP) is 3.35. The van der Waals surface area contributed by atoms with Gasteiger partial charge in [0.05, 0.1) is 18.4 Å². The van der Waals surface area contributed by atoms with Crippen molar-refractivity contribution < 1.29 is 31.9 Å². The topological polar surface area (TPSA) is 96.7 Å². The van der Waals surface area contributed by atoms with E-state index in [1.807, 2.05) is 0 Å². The number of benzene rings is 2. The fraction of sp³-hybridized carbons (Fsp3) is 0.111. The number of rotatable bonds is 5. The smallest absolute Gasteiger partial charge is 0.424 e. The second-order valence-corrected chi connectivity index (χ2v) is 5.54. The minimum atomic E-state index is -4.46. The lowest BCUT2D eigenvalue weighted by molar-refractivity contribution is -0.137. The van der Waals surface area contributed by atoms with Gasteiger partial charge in [0, 0.05) is 6.07 Å². The first-order valence-electron chi connectivity index (χ1n) is 7.74. The number of alkyl halides is 3. The number of amides is 1. The number of methoxy groups -OCH3 is 1. The molecule has 1 heterocycles. The second-order valence-electron chi connectivity index (χ2n) is 5.54. The number of nitrogens with zero attached hydrogens (tertiary/aromatic N) is 1. The van der Waals surface area contributed by atoms with Crippen molar-refractivity contribution in [1.29, 1.82) is 0 Å². The minimum absolute atomic E-state index is 0.111. The van der Waals surface area contributed by atoms with Gasteiger partial charge in [-0.25, -0.2) is 9.36 Å². The summed E-state index contributed by atoms with van der Waals surface area (Å²) >= 11 is 0. The van der Waals surface area contributed by atoms with Gasteiger partial charge in [-0.05, 0) is 36.4 Å². The summed E-state index contributed by atoms with van der Waals surface area (Å²) in [5.41, 5.74) is 4.33. The minimum Gasteiger partial charge on any atom is -0.495 e. The number of halogens is 3. The first kappa shape index (κ1) is 19.1. The van der Waals surface area contributed by atoms with Crippen LogP contribution in [-0.4, -0.2) is 17.6 Å². The first-order valence-corrected chi connectivity index (χ1v) is 7.74. The Labute approximate surface area is 155 Å². The summed E-state index contributed by atoms with van der Waals surface area (Å²) < 4.78 is 54.3. The summed E-state index contributed by atoms with van der Waals surface area (Å²) in [6, 6.07) is 8.38. The summed E-state index contributed by atoms with van der Waals surface area (Å²) in [7, 11) is 1.35. The van der Waals surface area contributed by atoms with Crippen LogP contribution in [0.25, 0.3) is 5.69 Å².